The van der Waals surface area contributed by atoms with Crippen molar-refractivity contribution < 1.29 is 19.0 Å². The van der Waals surface area contributed by atoms with E-state index in [9.17, 15) is 4.79 Å². The summed E-state index contributed by atoms with van der Waals surface area (Å²) in [5.41, 5.74) is -0.0254. The zero-order valence-corrected chi connectivity index (χ0v) is 13.5. The van der Waals surface area contributed by atoms with E-state index in [1.165, 1.54) is 0 Å². The van der Waals surface area contributed by atoms with Gasteiger partial charge in [0.1, 0.15) is 17.1 Å². The van der Waals surface area contributed by atoms with Crippen LogP contribution in [0.15, 0.2) is 18.2 Å². The summed E-state index contributed by atoms with van der Waals surface area (Å²) in [6, 6.07) is 5.40. The number of ether oxygens (including phenoxy) is 3. The first-order chi connectivity index (χ1) is 9.72. The summed E-state index contributed by atoms with van der Waals surface area (Å²) in [4.78, 5) is 12.1. The molecule has 0 amide bonds. The summed E-state index contributed by atoms with van der Waals surface area (Å²) in [5, 5.41) is 0. The van der Waals surface area contributed by atoms with E-state index in [0.29, 0.717) is 30.1 Å². The van der Waals surface area contributed by atoms with E-state index in [4.69, 9.17) is 14.2 Å². The molecule has 21 heavy (non-hydrogen) atoms. The summed E-state index contributed by atoms with van der Waals surface area (Å²) in [6.07, 6.45) is 1.19. The van der Waals surface area contributed by atoms with Crippen molar-refractivity contribution in [2.45, 2.75) is 51.7 Å². The van der Waals surface area contributed by atoms with Crippen molar-refractivity contribution in [2.24, 2.45) is 0 Å². The molecule has 0 aliphatic carbocycles. The van der Waals surface area contributed by atoms with Gasteiger partial charge in [0, 0.05) is 19.6 Å². The van der Waals surface area contributed by atoms with Gasteiger partial charge in [-0.2, -0.15) is 0 Å². The minimum atomic E-state index is -0.458. The molecule has 1 aromatic rings. The quantitative estimate of drug-likeness (QED) is 0.831. The van der Waals surface area contributed by atoms with E-state index in [1.807, 2.05) is 33.8 Å². The van der Waals surface area contributed by atoms with Crippen LogP contribution < -0.4 is 9.47 Å². The fourth-order valence-corrected chi connectivity index (χ4v) is 2.24. The Morgan fingerprint density at radius 2 is 2.05 bits per heavy atom. The molecule has 0 fully saturated rings. The lowest BCUT2D eigenvalue weighted by molar-refractivity contribution is 0.00542. The van der Waals surface area contributed by atoms with Crippen LogP contribution in [0.5, 0.6) is 11.5 Å². The smallest absolute Gasteiger partial charge is 0.170 e. The summed E-state index contributed by atoms with van der Waals surface area (Å²) in [5.74, 6) is 1.44. The van der Waals surface area contributed by atoms with Crippen molar-refractivity contribution in [2.75, 3.05) is 13.7 Å². The van der Waals surface area contributed by atoms with E-state index < -0.39 is 5.60 Å². The van der Waals surface area contributed by atoms with Gasteiger partial charge in [-0.25, -0.2) is 0 Å². The molecule has 2 rings (SSSR count). The summed E-state index contributed by atoms with van der Waals surface area (Å²) in [7, 11) is 1.69. The number of Topliss-reactive ketones (excluding diaryl/α,β-unsaturated/α-hetero) is 1. The average Bonchev–Trinajstić information content (AvgIpc) is 2.36. The summed E-state index contributed by atoms with van der Waals surface area (Å²) < 4.78 is 17.0. The standard InChI is InChI=1S/C17H24O4/c1-16(2,19-5)8-9-20-12-6-7-13-14(18)11-17(3,4)21-15(13)10-12/h6-7,10H,8-9,11H2,1-5H3. The highest BCUT2D eigenvalue weighted by Gasteiger charge is 2.32. The largest absolute Gasteiger partial charge is 0.493 e. The average molecular weight is 292 g/mol. The lowest BCUT2D eigenvalue weighted by Crippen LogP contribution is -2.35. The van der Waals surface area contributed by atoms with Crippen LogP contribution in [0.25, 0.3) is 0 Å². The lowest BCUT2D eigenvalue weighted by atomic mass is 9.93. The number of hydrogen-bond donors (Lipinski definition) is 0. The van der Waals surface area contributed by atoms with Crippen molar-refractivity contribution in [3.05, 3.63) is 23.8 Å². The van der Waals surface area contributed by atoms with Crippen molar-refractivity contribution >= 4 is 5.78 Å². The van der Waals surface area contributed by atoms with E-state index in [-0.39, 0.29) is 11.4 Å². The third kappa shape index (κ3) is 3.97. The molecule has 0 atom stereocenters. The van der Waals surface area contributed by atoms with E-state index in [1.54, 1.807) is 19.2 Å². The van der Waals surface area contributed by atoms with Gasteiger partial charge in [-0.1, -0.05) is 0 Å². The molecule has 0 bridgehead atoms. The van der Waals surface area contributed by atoms with Gasteiger partial charge in [0.2, 0.25) is 0 Å². The minimum Gasteiger partial charge on any atom is -0.493 e. The number of ketones is 1. The molecule has 1 aliphatic rings. The first-order valence-electron chi connectivity index (χ1n) is 7.27. The Balaban J connectivity index is 2.06. The first-order valence-corrected chi connectivity index (χ1v) is 7.27. The van der Waals surface area contributed by atoms with Gasteiger partial charge in [0.25, 0.3) is 0 Å². The van der Waals surface area contributed by atoms with Crippen molar-refractivity contribution in [3.63, 3.8) is 0 Å². The van der Waals surface area contributed by atoms with Gasteiger partial charge >= 0.3 is 0 Å². The number of fused-ring (bicyclic) bond motifs is 1. The van der Waals surface area contributed by atoms with E-state index >= 15 is 0 Å². The molecule has 0 radical (unpaired) electrons. The molecule has 4 heteroatoms. The highest BCUT2D eigenvalue weighted by atomic mass is 16.5. The fourth-order valence-electron chi connectivity index (χ4n) is 2.24. The Bertz CT molecular complexity index is 532. The molecule has 0 saturated heterocycles. The van der Waals surface area contributed by atoms with E-state index in [2.05, 4.69) is 0 Å². The van der Waals surface area contributed by atoms with Crippen LogP contribution in [0, 0.1) is 0 Å². The molecular formula is C17H24O4. The maximum Gasteiger partial charge on any atom is 0.170 e. The van der Waals surface area contributed by atoms with E-state index in [0.717, 1.165) is 6.42 Å². The highest BCUT2D eigenvalue weighted by molar-refractivity contribution is 6.00. The Labute approximate surface area is 126 Å². The predicted molar refractivity (Wildman–Crippen MR) is 81.3 cm³/mol. The second-order valence-electron chi connectivity index (χ2n) is 6.68. The highest BCUT2D eigenvalue weighted by Crippen LogP contribution is 2.35. The molecule has 4 nitrogen and oxygen atoms in total. The van der Waals surface area contributed by atoms with Crippen LogP contribution in [0.3, 0.4) is 0 Å². The zero-order valence-electron chi connectivity index (χ0n) is 13.5. The molecule has 0 saturated carbocycles. The second-order valence-corrected chi connectivity index (χ2v) is 6.68. The van der Waals surface area contributed by atoms with Crippen LogP contribution in [0.4, 0.5) is 0 Å². The van der Waals surface area contributed by atoms with Crippen molar-refractivity contribution in [1.82, 2.24) is 0 Å². The second kappa shape index (κ2) is 5.68. The van der Waals surface area contributed by atoms with Gasteiger partial charge < -0.3 is 14.2 Å². The maximum absolute atomic E-state index is 12.1. The van der Waals surface area contributed by atoms with Crippen LogP contribution >= 0.6 is 0 Å². The van der Waals surface area contributed by atoms with Crippen molar-refractivity contribution in [1.29, 1.82) is 0 Å². The molecular weight excluding hydrogens is 268 g/mol. The zero-order chi connectivity index (χ0) is 15.7. The number of benzene rings is 1. The Kier molecular flexibility index (Phi) is 4.28. The van der Waals surface area contributed by atoms with Gasteiger partial charge in [-0.15, -0.1) is 0 Å². The van der Waals surface area contributed by atoms with Crippen LogP contribution in [0.1, 0.15) is 50.9 Å². The number of carbonyl (C=O) groups excluding carboxylic acids is 1. The lowest BCUT2D eigenvalue weighted by Gasteiger charge is -2.31. The van der Waals surface area contributed by atoms with Gasteiger partial charge in [0.05, 0.1) is 24.2 Å². The van der Waals surface area contributed by atoms with Crippen LogP contribution in [-0.4, -0.2) is 30.7 Å². The van der Waals surface area contributed by atoms with Gasteiger partial charge in [-0.3, -0.25) is 4.79 Å². The molecule has 0 N–H and O–H groups in total. The number of methoxy groups -OCH3 is 1. The summed E-state index contributed by atoms with van der Waals surface area (Å²) >= 11 is 0. The minimum absolute atomic E-state index is 0.119. The molecule has 1 aromatic carbocycles. The van der Waals surface area contributed by atoms with Crippen LogP contribution in [-0.2, 0) is 4.74 Å². The monoisotopic (exact) mass is 292 g/mol. The Morgan fingerprint density at radius 3 is 2.71 bits per heavy atom. The molecule has 116 valence electrons. The molecule has 0 unspecified atom stereocenters. The van der Waals surface area contributed by atoms with Crippen LogP contribution in [0.2, 0.25) is 0 Å². The summed E-state index contributed by atoms with van der Waals surface area (Å²) in [6.45, 7) is 8.43. The Morgan fingerprint density at radius 1 is 1.33 bits per heavy atom. The van der Waals surface area contributed by atoms with Gasteiger partial charge in [-0.05, 0) is 39.8 Å². The fraction of sp³-hybridized carbons (Fsp3) is 0.588. The topological polar surface area (TPSA) is 44.8 Å². The van der Waals surface area contributed by atoms with Gasteiger partial charge in [0.15, 0.2) is 5.78 Å². The first kappa shape index (κ1) is 15.8. The van der Waals surface area contributed by atoms with Crippen molar-refractivity contribution in [3.8, 4) is 11.5 Å². The molecule has 1 heterocycles. The third-order valence-corrected chi connectivity index (χ3v) is 3.75. The number of carbonyl (C=O) groups is 1. The SMILES string of the molecule is COC(C)(C)CCOc1ccc2c(c1)OC(C)(C)CC2=O. The maximum atomic E-state index is 12.1. The molecule has 0 aromatic heterocycles. The normalized spacial score (nSPS) is 17.1. The number of hydrogen-bond acceptors (Lipinski definition) is 4. The molecule has 1 aliphatic heterocycles. The Hall–Kier alpha value is -1.55. The predicted octanol–water partition coefficient (Wildman–Crippen LogP) is 3.62. The molecule has 0 spiro atoms. The number of rotatable bonds is 5. The third-order valence-electron chi connectivity index (χ3n) is 3.75.